The Hall–Kier alpha value is -2.17. The third-order valence-electron chi connectivity index (χ3n) is 14.0. The number of rotatable bonds is 56. The number of allylic oxidation sites excluding steroid dienone is 12. The monoisotopic (exact) mass is 962 g/mol. The first-order chi connectivity index (χ1) is 34.2. The van der Waals surface area contributed by atoms with E-state index < -0.39 is 12.1 Å². The fraction of sp³-hybridized carbons (Fsp3) is 0.800. The van der Waals surface area contributed by atoms with Crippen molar-refractivity contribution < 1.29 is 15.0 Å². The molecule has 0 saturated carbocycles. The van der Waals surface area contributed by atoms with Gasteiger partial charge in [0.15, 0.2) is 0 Å². The first kappa shape index (κ1) is 66.8. The standard InChI is InChI=1S/C65H119NO3/c1-3-5-7-9-11-13-15-17-19-21-23-25-27-29-31-32-33-35-36-38-40-42-44-46-48-50-52-54-56-58-60-64(68)63(62-67)66-65(69)61-59-57-55-53-51-49-47-45-43-41-39-37-34-30-28-26-24-22-20-18-16-14-12-10-8-6-4-2/h6,8,12,14,18,20,24,26,30,34,39,41,63-64,67-68H,3-5,7,9-11,13,15-17,19,21-23,25,27-29,31-33,35-38,40,42-62H2,1-2H3,(H,66,69)/b8-6-,14-12-,20-18-,26-24-,34-30-,41-39-. The highest BCUT2D eigenvalue weighted by Crippen LogP contribution is 2.18. The third kappa shape index (κ3) is 56.6. The summed E-state index contributed by atoms with van der Waals surface area (Å²) in [7, 11) is 0. The molecule has 0 fully saturated rings. The minimum absolute atomic E-state index is 0.0387. The summed E-state index contributed by atoms with van der Waals surface area (Å²) in [5.41, 5.74) is 0. The van der Waals surface area contributed by atoms with Crippen molar-refractivity contribution in [1.29, 1.82) is 0 Å². The number of aliphatic hydroxyl groups is 2. The summed E-state index contributed by atoms with van der Waals surface area (Å²) >= 11 is 0. The molecular formula is C65H119NO3. The number of carbonyl (C=O) groups is 1. The number of carbonyl (C=O) groups excluding carboxylic acids is 1. The van der Waals surface area contributed by atoms with Gasteiger partial charge in [0.2, 0.25) is 5.91 Å². The third-order valence-corrected chi connectivity index (χ3v) is 14.0. The van der Waals surface area contributed by atoms with Crippen LogP contribution in [0.4, 0.5) is 0 Å². The van der Waals surface area contributed by atoms with Gasteiger partial charge in [-0.3, -0.25) is 4.79 Å². The SMILES string of the molecule is CC/C=C\C/C=C\C/C=C\C/C=C\C/C=C\C/C=C\CCCCCCCCCCC(=O)NC(CO)C(O)CCCCCCCCCCCCCCCCCCCCCCCCCCCCCCCC. The van der Waals surface area contributed by atoms with Crippen LogP contribution >= 0.6 is 0 Å². The summed E-state index contributed by atoms with van der Waals surface area (Å²) < 4.78 is 0. The number of amides is 1. The number of nitrogens with one attached hydrogen (secondary N) is 1. The Bertz CT molecular complexity index is 1180. The topological polar surface area (TPSA) is 69.6 Å². The van der Waals surface area contributed by atoms with Crippen LogP contribution in [-0.4, -0.2) is 34.9 Å². The van der Waals surface area contributed by atoms with Crippen molar-refractivity contribution in [3.63, 3.8) is 0 Å². The predicted octanol–water partition coefficient (Wildman–Crippen LogP) is 20.5. The van der Waals surface area contributed by atoms with E-state index in [0.29, 0.717) is 12.8 Å². The quantitative estimate of drug-likeness (QED) is 0.0420. The van der Waals surface area contributed by atoms with Crippen LogP contribution in [0.15, 0.2) is 72.9 Å². The van der Waals surface area contributed by atoms with Crippen LogP contribution in [0, 0.1) is 0 Å². The van der Waals surface area contributed by atoms with Gasteiger partial charge in [0.05, 0.1) is 18.8 Å². The minimum atomic E-state index is -0.669. The van der Waals surface area contributed by atoms with Crippen LogP contribution in [0.3, 0.4) is 0 Å². The molecule has 0 aromatic rings. The number of aliphatic hydroxyl groups excluding tert-OH is 2. The lowest BCUT2D eigenvalue weighted by atomic mass is 10.0. The van der Waals surface area contributed by atoms with Crippen molar-refractivity contribution in [2.24, 2.45) is 0 Å². The molecule has 4 nitrogen and oxygen atoms in total. The van der Waals surface area contributed by atoms with Crippen LogP contribution in [0.5, 0.6) is 0 Å². The molecule has 2 atom stereocenters. The zero-order chi connectivity index (χ0) is 49.9. The Kier molecular flexibility index (Phi) is 58.2. The van der Waals surface area contributed by atoms with Crippen molar-refractivity contribution in [1.82, 2.24) is 5.32 Å². The van der Waals surface area contributed by atoms with Crippen LogP contribution in [-0.2, 0) is 4.79 Å². The Balaban J connectivity index is 3.48. The van der Waals surface area contributed by atoms with E-state index >= 15 is 0 Å². The molecule has 0 rings (SSSR count). The molecular weight excluding hydrogens is 843 g/mol. The van der Waals surface area contributed by atoms with Gasteiger partial charge in [-0.25, -0.2) is 0 Å². The summed E-state index contributed by atoms with van der Waals surface area (Å²) in [5, 5.41) is 23.4. The van der Waals surface area contributed by atoms with Gasteiger partial charge >= 0.3 is 0 Å². The van der Waals surface area contributed by atoms with E-state index in [0.717, 1.165) is 64.2 Å². The molecule has 69 heavy (non-hydrogen) atoms. The lowest BCUT2D eigenvalue weighted by Crippen LogP contribution is -2.45. The maximum Gasteiger partial charge on any atom is 0.220 e. The summed E-state index contributed by atoms with van der Waals surface area (Å²) in [4.78, 5) is 12.5. The smallest absolute Gasteiger partial charge is 0.220 e. The molecule has 0 radical (unpaired) electrons. The van der Waals surface area contributed by atoms with Gasteiger partial charge in [0.25, 0.3) is 0 Å². The van der Waals surface area contributed by atoms with Gasteiger partial charge in [-0.15, -0.1) is 0 Å². The first-order valence-electron chi connectivity index (χ1n) is 30.6. The minimum Gasteiger partial charge on any atom is -0.394 e. The molecule has 0 heterocycles. The number of hydrogen-bond donors (Lipinski definition) is 3. The van der Waals surface area contributed by atoms with Gasteiger partial charge in [0.1, 0.15) is 0 Å². The zero-order valence-corrected chi connectivity index (χ0v) is 46.3. The van der Waals surface area contributed by atoms with E-state index in [4.69, 9.17) is 0 Å². The van der Waals surface area contributed by atoms with Crippen LogP contribution in [0.1, 0.15) is 316 Å². The van der Waals surface area contributed by atoms with Crippen molar-refractivity contribution in [3.05, 3.63) is 72.9 Å². The maximum absolute atomic E-state index is 12.5. The van der Waals surface area contributed by atoms with Crippen LogP contribution in [0.2, 0.25) is 0 Å². The molecule has 0 aliphatic carbocycles. The average molecular weight is 963 g/mol. The zero-order valence-electron chi connectivity index (χ0n) is 46.3. The molecule has 0 aromatic carbocycles. The normalized spacial score (nSPS) is 13.3. The predicted molar refractivity (Wildman–Crippen MR) is 308 cm³/mol. The highest BCUT2D eigenvalue weighted by atomic mass is 16.3. The molecule has 0 bridgehead atoms. The average Bonchev–Trinajstić information content (AvgIpc) is 3.35. The van der Waals surface area contributed by atoms with Crippen molar-refractivity contribution in [3.8, 4) is 0 Å². The van der Waals surface area contributed by atoms with Crippen LogP contribution in [0.25, 0.3) is 0 Å². The second kappa shape index (κ2) is 60.1. The van der Waals surface area contributed by atoms with Gasteiger partial charge in [-0.05, 0) is 64.2 Å². The van der Waals surface area contributed by atoms with E-state index in [1.807, 2.05) is 0 Å². The van der Waals surface area contributed by atoms with E-state index in [1.165, 1.54) is 225 Å². The number of hydrogen-bond acceptors (Lipinski definition) is 3. The molecule has 2 unspecified atom stereocenters. The summed E-state index contributed by atoms with van der Waals surface area (Å²) in [5.74, 6) is -0.0387. The fourth-order valence-corrected chi connectivity index (χ4v) is 9.37. The van der Waals surface area contributed by atoms with Gasteiger partial charge < -0.3 is 15.5 Å². The maximum atomic E-state index is 12.5. The number of unbranched alkanes of at least 4 members (excludes halogenated alkanes) is 37. The van der Waals surface area contributed by atoms with Crippen molar-refractivity contribution in [2.75, 3.05) is 6.61 Å². The Morgan fingerprint density at radius 2 is 0.638 bits per heavy atom. The van der Waals surface area contributed by atoms with E-state index in [9.17, 15) is 15.0 Å². The largest absolute Gasteiger partial charge is 0.394 e. The summed E-state index contributed by atoms with van der Waals surface area (Å²) in [6, 6.07) is -0.547. The molecule has 1 amide bonds. The molecule has 0 aliphatic heterocycles. The Morgan fingerprint density at radius 3 is 0.957 bits per heavy atom. The summed E-state index contributed by atoms with van der Waals surface area (Å²) in [6.45, 7) is 4.27. The van der Waals surface area contributed by atoms with E-state index in [1.54, 1.807) is 0 Å². The van der Waals surface area contributed by atoms with Crippen molar-refractivity contribution >= 4 is 5.91 Å². The second-order valence-electron chi connectivity index (χ2n) is 20.7. The van der Waals surface area contributed by atoms with Gasteiger partial charge in [-0.1, -0.05) is 318 Å². The lowest BCUT2D eigenvalue weighted by Gasteiger charge is -2.22. The van der Waals surface area contributed by atoms with Gasteiger partial charge in [0, 0.05) is 6.42 Å². The molecule has 0 saturated heterocycles. The summed E-state index contributed by atoms with van der Waals surface area (Å²) in [6.07, 6.45) is 86.2. The molecule has 0 spiro atoms. The van der Waals surface area contributed by atoms with E-state index in [-0.39, 0.29) is 12.5 Å². The molecule has 402 valence electrons. The van der Waals surface area contributed by atoms with Crippen molar-refractivity contribution in [2.45, 2.75) is 328 Å². The first-order valence-corrected chi connectivity index (χ1v) is 30.6. The molecule has 0 aromatic heterocycles. The Labute approximate surface area is 431 Å². The van der Waals surface area contributed by atoms with Gasteiger partial charge in [-0.2, -0.15) is 0 Å². The molecule has 3 N–H and O–H groups in total. The van der Waals surface area contributed by atoms with E-state index in [2.05, 4.69) is 92.1 Å². The molecule has 4 heteroatoms. The van der Waals surface area contributed by atoms with Crippen LogP contribution < -0.4 is 5.32 Å². The molecule has 0 aliphatic rings. The highest BCUT2D eigenvalue weighted by Gasteiger charge is 2.20. The lowest BCUT2D eigenvalue weighted by molar-refractivity contribution is -0.123. The Morgan fingerprint density at radius 1 is 0.362 bits per heavy atom. The highest BCUT2D eigenvalue weighted by molar-refractivity contribution is 5.76. The fourth-order valence-electron chi connectivity index (χ4n) is 9.37. The second-order valence-corrected chi connectivity index (χ2v) is 20.7.